The Morgan fingerprint density at radius 2 is 1.67 bits per heavy atom. The number of carbonyl (C=O) groups is 1. The molecule has 0 unspecified atom stereocenters. The van der Waals surface area contributed by atoms with Crippen molar-refractivity contribution in [2.75, 3.05) is 6.54 Å². The van der Waals surface area contributed by atoms with E-state index in [4.69, 9.17) is 0 Å². The number of halogens is 4. The van der Waals surface area contributed by atoms with Crippen molar-refractivity contribution in [2.45, 2.75) is 32.7 Å². The van der Waals surface area contributed by atoms with Crippen molar-refractivity contribution >= 4 is 5.91 Å². The Morgan fingerprint density at radius 3 is 2.24 bits per heavy atom. The number of aromatic nitrogens is 2. The number of nitrogens with zero attached hydrogens (tertiary/aromatic N) is 2. The first kappa shape index (κ1) is 24.1. The molecule has 0 atom stereocenters. The molecule has 10 heteroatoms. The lowest BCUT2D eigenvalue weighted by molar-refractivity contribution is -0.274. The predicted octanol–water partition coefficient (Wildman–Crippen LogP) is 4.66. The van der Waals surface area contributed by atoms with E-state index in [1.54, 1.807) is 6.92 Å². The van der Waals surface area contributed by atoms with Gasteiger partial charge in [-0.15, -0.1) is 13.2 Å². The van der Waals surface area contributed by atoms with Crippen LogP contribution in [0.15, 0.2) is 48.5 Å². The van der Waals surface area contributed by atoms with Crippen molar-refractivity contribution in [1.29, 1.82) is 0 Å². The van der Waals surface area contributed by atoms with Crippen molar-refractivity contribution in [3.8, 4) is 28.4 Å². The average molecular weight is 463 g/mol. The topological polar surface area (TPSA) is 84.3 Å². The van der Waals surface area contributed by atoms with Gasteiger partial charge in [-0.05, 0) is 74.9 Å². The number of rotatable bonds is 6. The number of benzene rings is 2. The van der Waals surface area contributed by atoms with Gasteiger partial charge >= 0.3 is 6.36 Å². The summed E-state index contributed by atoms with van der Waals surface area (Å²) < 4.78 is 54.9. The molecular formula is C23H21F4N3O3. The smallest absolute Gasteiger partial charge is 0.406 e. The lowest BCUT2D eigenvalue weighted by Gasteiger charge is -2.17. The first-order valence-electron chi connectivity index (χ1n) is 9.83. The number of aryl methyl sites for hydroxylation is 1. The summed E-state index contributed by atoms with van der Waals surface area (Å²) >= 11 is 0. The van der Waals surface area contributed by atoms with E-state index in [9.17, 15) is 27.5 Å². The van der Waals surface area contributed by atoms with Crippen LogP contribution in [0.2, 0.25) is 0 Å². The largest absolute Gasteiger partial charge is 0.573 e. The van der Waals surface area contributed by atoms with Crippen LogP contribution in [-0.4, -0.2) is 39.5 Å². The molecule has 0 radical (unpaired) electrons. The van der Waals surface area contributed by atoms with Gasteiger partial charge in [-0.2, -0.15) is 0 Å². The maximum absolute atomic E-state index is 13.7. The van der Waals surface area contributed by atoms with E-state index in [2.05, 4.69) is 20.0 Å². The minimum atomic E-state index is -4.82. The van der Waals surface area contributed by atoms with Gasteiger partial charge in [0.15, 0.2) is 5.82 Å². The molecule has 3 rings (SSSR count). The molecule has 0 aliphatic carbocycles. The molecule has 33 heavy (non-hydrogen) atoms. The summed E-state index contributed by atoms with van der Waals surface area (Å²) in [7, 11) is 0. The monoisotopic (exact) mass is 463 g/mol. The molecule has 3 aromatic rings. The third-order valence-corrected chi connectivity index (χ3v) is 4.44. The number of nitrogens with one attached hydrogen (secondary N) is 1. The molecule has 6 nitrogen and oxygen atoms in total. The second-order valence-corrected chi connectivity index (χ2v) is 7.99. The molecule has 1 heterocycles. The molecule has 0 aliphatic heterocycles. The normalized spacial score (nSPS) is 11.9. The Kier molecular flexibility index (Phi) is 6.68. The highest BCUT2D eigenvalue weighted by molar-refractivity contribution is 5.93. The van der Waals surface area contributed by atoms with Gasteiger partial charge in [0.25, 0.3) is 5.91 Å². The quantitative estimate of drug-likeness (QED) is 0.520. The van der Waals surface area contributed by atoms with E-state index in [1.165, 1.54) is 50.2 Å². The fourth-order valence-electron chi connectivity index (χ4n) is 2.84. The highest BCUT2D eigenvalue weighted by Crippen LogP contribution is 2.28. The maximum Gasteiger partial charge on any atom is 0.573 e. The summed E-state index contributed by atoms with van der Waals surface area (Å²) in [6.07, 6.45) is -4.82. The number of amides is 1. The highest BCUT2D eigenvalue weighted by atomic mass is 19.4. The van der Waals surface area contributed by atoms with E-state index in [0.29, 0.717) is 16.7 Å². The van der Waals surface area contributed by atoms with Crippen LogP contribution < -0.4 is 10.1 Å². The lowest BCUT2D eigenvalue weighted by atomic mass is 10.1. The molecule has 0 bridgehead atoms. The molecular weight excluding hydrogens is 442 g/mol. The van der Waals surface area contributed by atoms with Crippen LogP contribution in [-0.2, 0) is 0 Å². The number of ether oxygens (including phenoxy) is 1. The summed E-state index contributed by atoms with van der Waals surface area (Å²) in [5.74, 6) is -1.28. The van der Waals surface area contributed by atoms with Gasteiger partial charge in [0.2, 0.25) is 0 Å². The number of hydrogen-bond donors (Lipinski definition) is 2. The molecule has 1 amide bonds. The van der Waals surface area contributed by atoms with E-state index < -0.39 is 29.4 Å². The fraction of sp³-hybridized carbons (Fsp3) is 0.261. The third-order valence-electron chi connectivity index (χ3n) is 4.44. The van der Waals surface area contributed by atoms with Crippen LogP contribution in [0.4, 0.5) is 17.6 Å². The molecule has 2 N–H and O–H groups in total. The van der Waals surface area contributed by atoms with Crippen molar-refractivity contribution in [2.24, 2.45) is 0 Å². The van der Waals surface area contributed by atoms with Crippen molar-refractivity contribution < 1.29 is 32.2 Å². The molecule has 0 spiro atoms. The molecule has 174 valence electrons. The van der Waals surface area contributed by atoms with Crippen LogP contribution in [0.5, 0.6) is 5.75 Å². The summed E-state index contributed by atoms with van der Waals surface area (Å²) in [5, 5.41) is 12.4. The fourth-order valence-corrected chi connectivity index (χ4v) is 2.84. The second kappa shape index (κ2) is 9.14. The van der Waals surface area contributed by atoms with Gasteiger partial charge in [0, 0.05) is 17.7 Å². The van der Waals surface area contributed by atoms with Gasteiger partial charge < -0.3 is 15.2 Å². The molecule has 0 fully saturated rings. The Balaban J connectivity index is 2.03. The van der Waals surface area contributed by atoms with E-state index in [-0.39, 0.29) is 23.8 Å². The van der Waals surface area contributed by atoms with Crippen LogP contribution >= 0.6 is 0 Å². The number of carbonyl (C=O) groups excluding carboxylic acids is 1. The number of alkyl halides is 3. The van der Waals surface area contributed by atoms with Gasteiger partial charge in [0.1, 0.15) is 17.3 Å². The zero-order chi connectivity index (χ0) is 24.4. The summed E-state index contributed by atoms with van der Waals surface area (Å²) in [5.41, 5.74) is 0.276. The van der Waals surface area contributed by atoms with Gasteiger partial charge in [-0.25, -0.2) is 14.4 Å². The van der Waals surface area contributed by atoms with Gasteiger partial charge in [-0.1, -0.05) is 0 Å². The number of hydrogen-bond acceptors (Lipinski definition) is 5. The number of aliphatic hydroxyl groups is 1. The third kappa shape index (κ3) is 6.72. The van der Waals surface area contributed by atoms with Crippen molar-refractivity contribution in [1.82, 2.24) is 15.3 Å². The molecule has 2 aromatic carbocycles. The highest BCUT2D eigenvalue weighted by Gasteiger charge is 2.31. The Morgan fingerprint density at radius 1 is 1.03 bits per heavy atom. The summed E-state index contributed by atoms with van der Waals surface area (Å²) in [6, 6.07) is 10.6. The van der Waals surface area contributed by atoms with Gasteiger partial charge in [0.05, 0.1) is 11.3 Å². The molecule has 1 aromatic heterocycles. The standard InChI is InChI=1S/C23H21F4N3O3/c1-13-10-15(6-9-17(13)24)20-29-18(11-19(30-20)21(31)28-12-22(2,3)32)14-4-7-16(8-5-14)33-23(25,26)27/h4-11,32H,12H2,1-3H3,(H,28,31). The molecule has 0 saturated carbocycles. The minimum absolute atomic E-state index is 0.0307. The van der Waals surface area contributed by atoms with Crippen molar-refractivity contribution in [3.05, 3.63) is 65.6 Å². The average Bonchev–Trinajstić information content (AvgIpc) is 2.72. The summed E-state index contributed by atoms with van der Waals surface area (Å²) in [4.78, 5) is 21.4. The van der Waals surface area contributed by atoms with Crippen LogP contribution in [0.3, 0.4) is 0 Å². The zero-order valence-corrected chi connectivity index (χ0v) is 18.0. The second-order valence-electron chi connectivity index (χ2n) is 7.99. The minimum Gasteiger partial charge on any atom is -0.406 e. The molecule has 0 aliphatic rings. The first-order chi connectivity index (χ1) is 15.3. The maximum atomic E-state index is 13.7. The Hall–Kier alpha value is -3.53. The van der Waals surface area contributed by atoms with Crippen molar-refractivity contribution in [3.63, 3.8) is 0 Å². The van der Waals surface area contributed by atoms with Crippen LogP contribution in [0, 0.1) is 12.7 Å². The van der Waals surface area contributed by atoms with Crippen LogP contribution in [0.1, 0.15) is 29.9 Å². The van der Waals surface area contributed by atoms with E-state index >= 15 is 0 Å². The Labute approximate surface area is 187 Å². The van der Waals surface area contributed by atoms with E-state index in [0.717, 1.165) is 12.1 Å². The van der Waals surface area contributed by atoms with E-state index in [1.807, 2.05) is 0 Å². The SMILES string of the molecule is Cc1cc(-c2nc(C(=O)NCC(C)(C)O)cc(-c3ccc(OC(F)(F)F)cc3)n2)ccc1F. The Bertz CT molecular complexity index is 1160. The predicted molar refractivity (Wildman–Crippen MR) is 113 cm³/mol. The zero-order valence-electron chi connectivity index (χ0n) is 18.0. The van der Waals surface area contributed by atoms with Gasteiger partial charge in [-0.3, -0.25) is 4.79 Å². The lowest BCUT2D eigenvalue weighted by Crippen LogP contribution is -2.38. The first-order valence-corrected chi connectivity index (χ1v) is 9.83. The van der Waals surface area contributed by atoms with Crippen LogP contribution in [0.25, 0.3) is 22.6 Å². The molecule has 0 saturated heterocycles. The summed E-state index contributed by atoms with van der Waals surface area (Å²) in [6.45, 7) is 4.57.